The second-order valence-corrected chi connectivity index (χ2v) is 3.68. The summed E-state index contributed by atoms with van der Waals surface area (Å²) in [4.78, 5) is 22.0. The van der Waals surface area contributed by atoms with E-state index in [1.807, 2.05) is 5.32 Å². The Labute approximate surface area is 102 Å². The minimum absolute atomic E-state index is 0.108. The van der Waals surface area contributed by atoms with Crippen LogP contribution in [0.25, 0.3) is 0 Å². The smallest absolute Gasteiger partial charge is 0.257 e. The first-order chi connectivity index (χ1) is 8.34. The number of carbonyl (C=O) groups is 2. The molecule has 1 aromatic carbocycles. The average Bonchev–Trinajstić information content (AvgIpc) is 2.31. The maximum absolute atomic E-state index is 13.5. The number of hydrogen-bond donors (Lipinski definition) is 3. The summed E-state index contributed by atoms with van der Waals surface area (Å²) < 4.78 is 26.8. The molecule has 0 heterocycles. The van der Waals surface area contributed by atoms with Crippen LogP contribution in [0.3, 0.4) is 0 Å². The summed E-state index contributed by atoms with van der Waals surface area (Å²) in [7, 11) is 0. The number of primary amides is 1. The van der Waals surface area contributed by atoms with Gasteiger partial charge in [-0.3, -0.25) is 9.59 Å². The van der Waals surface area contributed by atoms with Crippen molar-refractivity contribution in [1.82, 2.24) is 5.32 Å². The van der Waals surface area contributed by atoms with Gasteiger partial charge in [0.2, 0.25) is 5.91 Å². The predicted octanol–water partition coefficient (Wildman–Crippen LogP) is -0.151. The van der Waals surface area contributed by atoms with Crippen LogP contribution in [0.5, 0.6) is 0 Å². The summed E-state index contributed by atoms with van der Waals surface area (Å²) in [5, 5.41) is 11.1. The number of rotatable bonds is 4. The molecule has 1 unspecified atom stereocenters. The van der Waals surface area contributed by atoms with Crippen LogP contribution in [0, 0.1) is 18.6 Å². The number of aliphatic hydroxyl groups excluding tert-OH is 1. The Morgan fingerprint density at radius 2 is 2.06 bits per heavy atom. The second-order valence-electron chi connectivity index (χ2n) is 3.68. The number of halogens is 2. The molecule has 0 aliphatic rings. The molecule has 4 N–H and O–H groups in total. The van der Waals surface area contributed by atoms with Gasteiger partial charge < -0.3 is 16.2 Å². The van der Waals surface area contributed by atoms with Crippen molar-refractivity contribution in [1.29, 1.82) is 0 Å². The van der Waals surface area contributed by atoms with E-state index >= 15 is 0 Å². The van der Waals surface area contributed by atoms with Gasteiger partial charge in [0.15, 0.2) is 0 Å². The Balaban J connectivity index is 2.85. The van der Waals surface area contributed by atoms with Gasteiger partial charge in [-0.15, -0.1) is 0 Å². The highest BCUT2D eigenvalue weighted by Crippen LogP contribution is 2.15. The lowest BCUT2D eigenvalue weighted by Crippen LogP contribution is -2.40. The third-order valence-corrected chi connectivity index (χ3v) is 2.30. The first kappa shape index (κ1) is 14.0. The van der Waals surface area contributed by atoms with Gasteiger partial charge in [-0.1, -0.05) is 6.07 Å². The van der Waals surface area contributed by atoms with E-state index in [4.69, 9.17) is 10.8 Å². The average molecular weight is 258 g/mol. The summed E-state index contributed by atoms with van der Waals surface area (Å²) in [6, 6.07) is 2.15. The van der Waals surface area contributed by atoms with Crippen LogP contribution in [-0.2, 0) is 4.79 Å². The first-order valence-corrected chi connectivity index (χ1v) is 5.04. The standard InChI is InChI=1S/C11H12F2N2O3/c1-5-2-3-6(12)8(9(5)13)11(18)15-4-7(16)10(14)17/h2-3,7,16H,4H2,1H3,(H2,14,17)(H,15,18). The lowest BCUT2D eigenvalue weighted by Gasteiger charge is -2.10. The Kier molecular flexibility index (Phi) is 4.33. The molecular formula is C11H12F2N2O3. The van der Waals surface area contributed by atoms with Crippen LogP contribution >= 0.6 is 0 Å². The molecular weight excluding hydrogens is 246 g/mol. The van der Waals surface area contributed by atoms with E-state index in [9.17, 15) is 18.4 Å². The van der Waals surface area contributed by atoms with Gasteiger partial charge >= 0.3 is 0 Å². The van der Waals surface area contributed by atoms with E-state index in [0.29, 0.717) is 0 Å². The van der Waals surface area contributed by atoms with Gasteiger partial charge in [-0.2, -0.15) is 0 Å². The summed E-state index contributed by atoms with van der Waals surface area (Å²) >= 11 is 0. The molecule has 18 heavy (non-hydrogen) atoms. The van der Waals surface area contributed by atoms with Gasteiger partial charge in [0.05, 0.1) is 6.54 Å². The van der Waals surface area contributed by atoms with Crippen molar-refractivity contribution in [2.45, 2.75) is 13.0 Å². The van der Waals surface area contributed by atoms with Crippen LogP contribution in [0.1, 0.15) is 15.9 Å². The topological polar surface area (TPSA) is 92.4 Å². The first-order valence-electron chi connectivity index (χ1n) is 5.04. The monoisotopic (exact) mass is 258 g/mol. The van der Waals surface area contributed by atoms with E-state index in [-0.39, 0.29) is 5.56 Å². The highest BCUT2D eigenvalue weighted by molar-refractivity contribution is 5.95. The summed E-state index contributed by atoms with van der Waals surface area (Å²) in [5.41, 5.74) is 4.11. The number of nitrogens with two attached hydrogens (primary N) is 1. The molecule has 0 radical (unpaired) electrons. The summed E-state index contributed by atoms with van der Waals surface area (Å²) in [6.45, 7) is 0.866. The second kappa shape index (κ2) is 5.54. The maximum atomic E-state index is 13.5. The third-order valence-electron chi connectivity index (χ3n) is 2.30. The lowest BCUT2D eigenvalue weighted by molar-refractivity contribution is -0.125. The number of hydrogen-bond acceptors (Lipinski definition) is 3. The molecule has 0 bridgehead atoms. The minimum Gasteiger partial charge on any atom is -0.381 e. The number of carbonyl (C=O) groups excluding carboxylic acids is 2. The fourth-order valence-electron chi connectivity index (χ4n) is 1.24. The lowest BCUT2D eigenvalue weighted by atomic mass is 10.1. The molecule has 0 aliphatic heterocycles. The number of amides is 2. The van der Waals surface area contributed by atoms with E-state index in [1.54, 1.807) is 0 Å². The van der Waals surface area contributed by atoms with Crippen LogP contribution < -0.4 is 11.1 Å². The Morgan fingerprint density at radius 1 is 1.44 bits per heavy atom. The van der Waals surface area contributed by atoms with Crippen LogP contribution in [-0.4, -0.2) is 29.6 Å². The molecule has 1 rings (SSSR count). The Hall–Kier alpha value is -2.02. The van der Waals surface area contributed by atoms with E-state index < -0.39 is 41.7 Å². The fourth-order valence-corrected chi connectivity index (χ4v) is 1.24. The van der Waals surface area contributed by atoms with E-state index in [0.717, 1.165) is 6.07 Å². The molecule has 1 aromatic rings. The summed E-state index contributed by atoms with van der Waals surface area (Å²) in [6.07, 6.45) is -1.61. The molecule has 5 nitrogen and oxygen atoms in total. The SMILES string of the molecule is Cc1ccc(F)c(C(=O)NCC(O)C(N)=O)c1F. The maximum Gasteiger partial charge on any atom is 0.257 e. The Morgan fingerprint density at radius 3 is 2.61 bits per heavy atom. The third kappa shape index (κ3) is 3.01. The molecule has 0 fully saturated rings. The zero-order valence-electron chi connectivity index (χ0n) is 9.54. The zero-order chi connectivity index (χ0) is 13.9. The van der Waals surface area contributed by atoms with Gasteiger partial charge in [0.1, 0.15) is 23.3 Å². The predicted molar refractivity (Wildman–Crippen MR) is 58.6 cm³/mol. The highest BCUT2D eigenvalue weighted by atomic mass is 19.1. The van der Waals surface area contributed by atoms with Crippen molar-refractivity contribution in [2.24, 2.45) is 5.73 Å². The Bertz CT molecular complexity index is 491. The normalized spacial score (nSPS) is 12.0. The van der Waals surface area contributed by atoms with Crippen molar-refractivity contribution in [2.75, 3.05) is 6.54 Å². The van der Waals surface area contributed by atoms with Gasteiger partial charge in [0, 0.05) is 0 Å². The molecule has 7 heteroatoms. The number of aliphatic hydroxyl groups is 1. The van der Waals surface area contributed by atoms with E-state index in [1.165, 1.54) is 13.0 Å². The van der Waals surface area contributed by atoms with E-state index in [2.05, 4.69) is 0 Å². The van der Waals surface area contributed by atoms with Crippen LogP contribution in [0.15, 0.2) is 12.1 Å². The largest absolute Gasteiger partial charge is 0.381 e. The van der Waals surface area contributed by atoms with Crippen LogP contribution in [0.2, 0.25) is 0 Å². The molecule has 1 atom stereocenters. The minimum atomic E-state index is -1.61. The highest BCUT2D eigenvalue weighted by Gasteiger charge is 2.20. The molecule has 0 aromatic heterocycles. The zero-order valence-corrected chi connectivity index (χ0v) is 9.54. The fraction of sp³-hybridized carbons (Fsp3) is 0.273. The van der Waals surface area contributed by atoms with Crippen molar-refractivity contribution >= 4 is 11.8 Å². The number of benzene rings is 1. The molecule has 0 saturated carbocycles. The molecule has 98 valence electrons. The molecule has 0 saturated heterocycles. The molecule has 2 amide bonds. The van der Waals surface area contributed by atoms with Crippen molar-refractivity contribution in [3.63, 3.8) is 0 Å². The van der Waals surface area contributed by atoms with Crippen molar-refractivity contribution in [3.8, 4) is 0 Å². The number of nitrogens with one attached hydrogen (secondary N) is 1. The summed E-state index contributed by atoms with van der Waals surface area (Å²) in [5.74, 6) is -4.11. The molecule has 0 aliphatic carbocycles. The van der Waals surface area contributed by atoms with Gasteiger partial charge in [-0.05, 0) is 18.6 Å². The quantitative estimate of drug-likeness (QED) is 0.701. The van der Waals surface area contributed by atoms with Crippen LogP contribution in [0.4, 0.5) is 8.78 Å². The van der Waals surface area contributed by atoms with Crippen molar-refractivity contribution in [3.05, 3.63) is 34.9 Å². The van der Waals surface area contributed by atoms with Crippen molar-refractivity contribution < 1.29 is 23.5 Å². The number of aryl methyl sites for hydroxylation is 1. The molecule has 0 spiro atoms. The van der Waals surface area contributed by atoms with Gasteiger partial charge in [-0.25, -0.2) is 8.78 Å². The van der Waals surface area contributed by atoms with Gasteiger partial charge in [0.25, 0.3) is 5.91 Å².